The van der Waals surface area contributed by atoms with Crippen molar-refractivity contribution in [1.29, 1.82) is 0 Å². The zero-order valence-corrected chi connectivity index (χ0v) is 9.44. The Balaban J connectivity index is 2.18. The van der Waals surface area contributed by atoms with Crippen molar-refractivity contribution in [3.8, 4) is 0 Å². The predicted molar refractivity (Wildman–Crippen MR) is 65.3 cm³/mol. The van der Waals surface area contributed by atoms with Gasteiger partial charge in [0.2, 0.25) is 0 Å². The summed E-state index contributed by atoms with van der Waals surface area (Å²) in [5.41, 5.74) is 0. The average molecular weight is 229 g/mol. The molecule has 4 heteroatoms. The van der Waals surface area contributed by atoms with Crippen molar-refractivity contribution in [2.24, 2.45) is 0 Å². The minimum Gasteiger partial charge on any atom is -0.369 e. The molecular formula is C10H13ClN2S. The molecule has 1 rings (SSSR count). The maximum atomic E-state index is 5.71. The molecule has 0 fully saturated rings. The zero-order valence-electron chi connectivity index (χ0n) is 7.87. The summed E-state index contributed by atoms with van der Waals surface area (Å²) in [6.45, 7) is 4.57. The number of hydrogen-bond donors (Lipinski definition) is 1. The molecule has 0 unspecified atom stereocenters. The number of thioether (sulfide) groups is 1. The molecule has 14 heavy (non-hydrogen) atoms. The van der Waals surface area contributed by atoms with Gasteiger partial charge in [0.1, 0.15) is 5.82 Å². The molecular weight excluding hydrogens is 216 g/mol. The first-order chi connectivity index (χ1) is 6.83. The molecule has 0 aliphatic heterocycles. The minimum atomic E-state index is 0.664. The van der Waals surface area contributed by atoms with Crippen molar-refractivity contribution in [2.75, 3.05) is 23.4 Å². The number of nitrogens with zero attached hydrogens (tertiary/aromatic N) is 1. The zero-order chi connectivity index (χ0) is 10.2. The van der Waals surface area contributed by atoms with Crippen LogP contribution in [0.2, 0.25) is 5.02 Å². The lowest BCUT2D eigenvalue weighted by Crippen LogP contribution is -2.05. The second-order valence-electron chi connectivity index (χ2n) is 2.65. The third-order valence-electron chi connectivity index (χ3n) is 1.52. The SMILES string of the molecule is C=CCSCCNc1ccc(Cl)cn1. The highest BCUT2D eigenvalue weighted by atomic mass is 35.5. The summed E-state index contributed by atoms with van der Waals surface area (Å²) in [7, 11) is 0. The molecule has 0 aliphatic rings. The van der Waals surface area contributed by atoms with Gasteiger partial charge < -0.3 is 5.32 Å². The van der Waals surface area contributed by atoms with E-state index in [9.17, 15) is 0 Å². The first kappa shape index (κ1) is 11.4. The van der Waals surface area contributed by atoms with E-state index >= 15 is 0 Å². The van der Waals surface area contributed by atoms with Gasteiger partial charge in [-0.15, -0.1) is 6.58 Å². The summed E-state index contributed by atoms with van der Waals surface area (Å²) in [5.74, 6) is 2.92. The lowest BCUT2D eigenvalue weighted by molar-refractivity contribution is 1.17. The second-order valence-corrected chi connectivity index (χ2v) is 4.24. The van der Waals surface area contributed by atoms with E-state index in [2.05, 4.69) is 16.9 Å². The Hall–Kier alpha value is -0.670. The number of pyridine rings is 1. The third kappa shape index (κ3) is 4.53. The Kier molecular flexibility index (Phi) is 5.49. The Morgan fingerprint density at radius 3 is 3.07 bits per heavy atom. The largest absolute Gasteiger partial charge is 0.369 e. The fraction of sp³-hybridized carbons (Fsp3) is 0.300. The van der Waals surface area contributed by atoms with E-state index in [0.29, 0.717) is 5.02 Å². The standard InChI is InChI=1S/C10H13ClN2S/c1-2-6-14-7-5-12-10-4-3-9(11)8-13-10/h2-4,8H,1,5-7H2,(H,12,13). The molecule has 1 aromatic heterocycles. The molecule has 0 radical (unpaired) electrons. The lowest BCUT2D eigenvalue weighted by Gasteiger charge is -2.03. The van der Waals surface area contributed by atoms with E-state index in [1.807, 2.05) is 30.0 Å². The molecule has 0 spiro atoms. The topological polar surface area (TPSA) is 24.9 Å². The highest BCUT2D eigenvalue weighted by molar-refractivity contribution is 7.99. The van der Waals surface area contributed by atoms with Crippen LogP contribution in [0.25, 0.3) is 0 Å². The fourth-order valence-electron chi connectivity index (χ4n) is 0.898. The summed E-state index contributed by atoms with van der Waals surface area (Å²) < 4.78 is 0. The molecule has 0 amide bonds. The van der Waals surface area contributed by atoms with Crippen LogP contribution in [0.1, 0.15) is 0 Å². The maximum absolute atomic E-state index is 5.71. The van der Waals surface area contributed by atoms with Crippen LogP contribution in [0.15, 0.2) is 31.0 Å². The van der Waals surface area contributed by atoms with Gasteiger partial charge in [0.05, 0.1) is 5.02 Å². The molecule has 0 saturated carbocycles. The van der Waals surface area contributed by atoms with Crippen LogP contribution in [0.3, 0.4) is 0 Å². The van der Waals surface area contributed by atoms with Crippen molar-refractivity contribution in [3.63, 3.8) is 0 Å². The molecule has 1 heterocycles. The van der Waals surface area contributed by atoms with Crippen LogP contribution < -0.4 is 5.32 Å². The first-order valence-electron chi connectivity index (χ1n) is 4.37. The first-order valence-corrected chi connectivity index (χ1v) is 5.90. The van der Waals surface area contributed by atoms with Gasteiger partial charge in [0.15, 0.2) is 0 Å². The van der Waals surface area contributed by atoms with Crippen LogP contribution in [-0.4, -0.2) is 23.0 Å². The van der Waals surface area contributed by atoms with Crippen LogP contribution in [0.5, 0.6) is 0 Å². The maximum Gasteiger partial charge on any atom is 0.126 e. The molecule has 1 N–H and O–H groups in total. The van der Waals surface area contributed by atoms with Crippen molar-refractivity contribution in [2.45, 2.75) is 0 Å². The Morgan fingerprint density at radius 1 is 1.57 bits per heavy atom. The third-order valence-corrected chi connectivity index (χ3v) is 2.70. The van der Waals surface area contributed by atoms with Gasteiger partial charge in [-0.3, -0.25) is 0 Å². The molecule has 2 nitrogen and oxygen atoms in total. The van der Waals surface area contributed by atoms with E-state index in [0.717, 1.165) is 23.9 Å². The quantitative estimate of drug-likeness (QED) is 0.599. The van der Waals surface area contributed by atoms with Crippen LogP contribution in [-0.2, 0) is 0 Å². The highest BCUT2D eigenvalue weighted by Gasteiger charge is 1.92. The predicted octanol–water partition coefficient (Wildman–Crippen LogP) is 3.07. The summed E-state index contributed by atoms with van der Waals surface area (Å²) in [6.07, 6.45) is 3.55. The number of hydrogen-bond acceptors (Lipinski definition) is 3. The Morgan fingerprint density at radius 2 is 2.43 bits per heavy atom. The molecule has 0 bridgehead atoms. The monoisotopic (exact) mass is 228 g/mol. The summed E-state index contributed by atoms with van der Waals surface area (Å²) in [4.78, 5) is 4.12. The number of aromatic nitrogens is 1. The van der Waals surface area contributed by atoms with E-state index < -0.39 is 0 Å². The molecule has 76 valence electrons. The van der Waals surface area contributed by atoms with E-state index in [-0.39, 0.29) is 0 Å². The highest BCUT2D eigenvalue weighted by Crippen LogP contribution is 2.09. The van der Waals surface area contributed by atoms with Crippen LogP contribution in [0, 0.1) is 0 Å². The van der Waals surface area contributed by atoms with Gasteiger partial charge in [-0.05, 0) is 12.1 Å². The number of anilines is 1. The van der Waals surface area contributed by atoms with Crippen molar-refractivity contribution >= 4 is 29.2 Å². The molecule has 0 saturated heterocycles. The van der Waals surface area contributed by atoms with Crippen LogP contribution >= 0.6 is 23.4 Å². The molecule has 0 aromatic carbocycles. The van der Waals surface area contributed by atoms with E-state index in [1.54, 1.807) is 6.20 Å². The van der Waals surface area contributed by atoms with Crippen LogP contribution in [0.4, 0.5) is 5.82 Å². The lowest BCUT2D eigenvalue weighted by atomic mass is 10.4. The smallest absolute Gasteiger partial charge is 0.126 e. The average Bonchev–Trinajstić information content (AvgIpc) is 2.21. The Labute approximate surface area is 93.8 Å². The summed E-state index contributed by atoms with van der Waals surface area (Å²) in [5, 5.41) is 3.87. The van der Waals surface area contributed by atoms with Gasteiger partial charge in [0.25, 0.3) is 0 Å². The van der Waals surface area contributed by atoms with Gasteiger partial charge in [0, 0.05) is 24.2 Å². The number of rotatable bonds is 6. The minimum absolute atomic E-state index is 0.664. The number of halogens is 1. The molecule has 1 aromatic rings. The number of nitrogens with one attached hydrogen (secondary N) is 1. The van der Waals surface area contributed by atoms with E-state index in [1.165, 1.54) is 0 Å². The van der Waals surface area contributed by atoms with Gasteiger partial charge in [-0.25, -0.2) is 4.98 Å². The van der Waals surface area contributed by atoms with Crippen molar-refractivity contribution < 1.29 is 0 Å². The van der Waals surface area contributed by atoms with Gasteiger partial charge >= 0.3 is 0 Å². The molecule has 0 atom stereocenters. The fourth-order valence-corrected chi connectivity index (χ4v) is 1.59. The second kappa shape index (κ2) is 6.74. The van der Waals surface area contributed by atoms with E-state index in [4.69, 9.17) is 11.6 Å². The normalized spacial score (nSPS) is 9.79. The van der Waals surface area contributed by atoms with Crippen molar-refractivity contribution in [1.82, 2.24) is 4.98 Å². The van der Waals surface area contributed by atoms with Crippen molar-refractivity contribution in [3.05, 3.63) is 36.0 Å². The van der Waals surface area contributed by atoms with Gasteiger partial charge in [-0.2, -0.15) is 11.8 Å². The summed E-state index contributed by atoms with van der Waals surface area (Å²) >= 11 is 7.55. The van der Waals surface area contributed by atoms with Gasteiger partial charge in [-0.1, -0.05) is 17.7 Å². The Bertz CT molecular complexity index is 274. The molecule has 0 aliphatic carbocycles. The summed E-state index contributed by atoms with van der Waals surface area (Å²) in [6, 6.07) is 3.70.